The molecule has 0 bridgehead atoms. The van der Waals surface area contributed by atoms with Gasteiger partial charge in [-0.25, -0.2) is 0 Å². The summed E-state index contributed by atoms with van der Waals surface area (Å²) in [5, 5.41) is 4.21. The fraction of sp³-hybridized carbons (Fsp3) is 0.568. The number of fused-ring (bicyclic) bond motifs is 3. The second kappa shape index (κ2) is 13.2. The summed E-state index contributed by atoms with van der Waals surface area (Å²) in [6, 6.07) is 17.7. The first-order chi connectivity index (χ1) is 19.0. The lowest BCUT2D eigenvalue weighted by atomic mass is 9.83. The number of hydrogen-bond acceptors (Lipinski definition) is 4. The van der Waals surface area contributed by atoms with E-state index in [1.165, 1.54) is 11.3 Å². The number of para-hydroxylation sites is 2. The quantitative estimate of drug-likeness (QED) is 0.280. The standard InChI is InChI=1S/C14H18N2O.C13H15NO.2C5H12/c1-13(2,3)12-15-11-7-5-4-6-10(11)14(16-12)8-17-9-14;1-13(2,3)12-8-11(15)9-6-4-5-7-10(9)14-12;2*1-5(2,3)4/h4-7H,8-9H2,1-3H3,(H,15,16);4-8H,1-3H3,(H,14,15);2*1-4H3. The molecule has 0 amide bonds. The predicted molar refractivity (Wildman–Crippen MR) is 183 cm³/mol. The maximum Gasteiger partial charge on any atom is 0.189 e. The summed E-state index contributed by atoms with van der Waals surface area (Å²) in [5.74, 6) is 1.06. The van der Waals surface area contributed by atoms with Crippen LogP contribution in [-0.2, 0) is 15.7 Å². The predicted octanol–water partition coefficient (Wildman–Crippen LogP) is 9.71. The summed E-state index contributed by atoms with van der Waals surface area (Å²) in [7, 11) is 0. The van der Waals surface area contributed by atoms with E-state index in [2.05, 4.69) is 131 Å². The van der Waals surface area contributed by atoms with Gasteiger partial charge < -0.3 is 15.0 Å². The van der Waals surface area contributed by atoms with Crippen LogP contribution in [0.5, 0.6) is 0 Å². The molecular weight excluding hydrogens is 518 g/mol. The molecule has 2 N–H and O–H groups in total. The molecule has 2 aromatic carbocycles. The number of aliphatic imine (C=N–C) groups is 1. The maximum absolute atomic E-state index is 11.8. The van der Waals surface area contributed by atoms with E-state index in [1.807, 2.05) is 24.3 Å². The molecular formula is C37H57N3O2. The van der Waals surface area contributed by atoms with Crippen molar-refractivity contribution in [1.29, 1.82) is 0 Å². The Morgan fingerprint density at radius 3 is 1.69 bits per heavy atom. The van der Waals surface area contributed by atoms with Crippen molar-refractivity contribution in [2.45, 2.75) is 108 Å². The van der Waals surface area contributed by atoms with Crippen LogP contribution in [-0.4, -0.2) is 24.0 Å². The molecule has 232 valence electrons. The minimum atomic E-state index is -0.134. The Hall–Kier alpha value is -2.92. The summed E-state index contributed by atoms with van der Waals surface area (Å²) < 4.78 is 5.40. The van der Waals surface area contributed by atoms with Crippen LogP contribution in [0.3, 0.4) is 0 Å². The molecule has 5 rings (SSSR count). The third-order valence-electron chi connectivity index (χ3n) is 5.94. The first kappa shape index (κ1) is 35.3. The Kier molecular flexibility index (Phi) is 11.1. The van der Waals surface area contributed by atoms with Gasteiger partial charge in [-0.1, -0.05) is 127 Å². The molecule has 3 heterocycles. The zero-order valence-electron chi connectivity index (χ0n) is 28.9. The molecule has 1 spiro atoms. The van der Waals surface area contributed by atoms with Crippen molar-refractivity contribution in [3.05, 3.63) is 76.1 Å². The molecule has 2 aliphatic heterocycles. The van der Waals surface area contributed by atoms with Crippen LogP contribution in [0.15, 0.2) is 64.4 Å². The maximum atomic E-state index is 11.8. The van der Waals surface area contributed by atoms with Gasteiger partial charge in [-0.2, -0.15) is 0 Å². The van der Waals surface area contributed by atoms with E-state index >= 15 is 0 Å². The van der Waals surface area contributed by atoms with E-state index < -0.39 is 0 Å². The highest BCUT2D eigenvalue weighted by Gasteiger charge is 2.45. The van der Waals surface area contributed by atoms with Gasteiger partial charge in [-0.05, 0) is 29.0 Å². The Morgan fingerprint density at radius 1 is 0.714 bits per heavy atom. The van der Waals surface area contributed by atoms with Crippen molar-refractivity contribution >= 4 is 22.4 Å². The van der Waals surface area contributed by atoms with E-state index in [9.17, 15) is 4.79 Å². The van der Waals surface area contributed by atoms with Crippen LogP contribution in [0, 0.1) is 16.2 Å². The van der Waals surface area contributed by atoms with E-state index in [0.29, 0.717) is 24.0 Å². The summed E-state index contributed by atoms with van der Waals surface area (Å²) in [5.41, 5.74) is 5.30. The molecule has 0 saturated carbocycles. The van der Waals surface area contributed by atoms with Crippen molar-refractivity contribution in [2.24, 2.45) is 21.2 Å². The lowest BCUT2D eigenvalue weighted by Gasteiger charge is -2.44. The number of aromatic amines is 1. The van der Waals surface area contributed by atoms with Gasteiger partial charge in [-0.15, -0.1) is 0 Å². The van der Waals surface area contributed by atoms with Crippen LogP contribution < -0.4 is 10.7 Å². The highest BCUT2D eigenvalue weighted by atomic mass is 16.5. The number of pyridine rings is 1. The highest BCUT2D eigenvalue weighted by molar-refractivity contribution is 6.01. The molecule has 0 atom stereocenters. The topological polar surface area (TPSA) is 66.5 Å². The van der Waals surface area contributed by atoms with Crippen molar-refractivity contribution in [2.75, 3.05) is 18.5 Å². The monoisotopic (exact) mass is 575 g/mol. The first-order valence-electron chi connectivity index (χ1n) is 15.2. The van der Waals surface area contributed by atoms with Crippen LogP contribution >= 0.6 is 0 Å². The lowest BCUT2D eigenvalue weighted by molar-refractivity contribution is -0.0559. The highest BCUT2D eigenvalue weighted by Crippen LogP contribution is 2.42. The third-order valence-corrected chi connectivity index (χ3v) is 5.94. The number of H-pyrrole nitrogens is 1. The molecule has 0 radical (unpaired) electrons. The molecule has 1 aromatic heterocycles. The van der Waals surface area contributed by atoms with E-state index in [4.69, 9.17) is 9.73 Å². The van der Waals surface area contributed by atoms with Gasteiger partial charge in [0.15, 0.2) is 5.43 Å². The Balaban J connectivity index is 0.000000225. The van der Waals surface area contributed by atoms with Gasteiger partial charge in [0.25, 0.3) is 0 Å². The van der Waals surface area contributed by atoms with Crippen molar-refractivity contribution in [1.82, 2.24) is 4.98 Å². The average Bonchev–Trinajstić information content (AvgIpc) is 2.79. The summed E-state index contributed by atoms with van der Waals surface area (Å²) in [4.78, 5) is 20.0. The summed E-state index contributed by atoms with van der Waals surface area (Å²) in [6.07, 6.45) is 0. The lowest BCUT2D eigenvalue weighted by Crippen LogP contribution is -2.50. The van der Waals surface area contributed by atoms with Crippen LogP contribution in [0.1, 0.15) is 108 Å². The molecule has 0 unspecified atom stereocenters. The third kappa shape index (κ3) is 11.1. The second-order valence-corrected chi connectivity index (χ2v) is 16.7. The van der Waals surface area contributed by atoms with Gasteiger partial charge in [0.05, 0.1) is 13.2 Å². The van der Waals surface area contributed by atoms with Crippen LogP contribution in [0.4, 0.5) is 5.69 Å². The van der Waals surface area contributed by atoms with Gasteiger partial charge in [-0.3, -0.25) is 9.79 Å². The van der Waals surface area contributed by atoms with Crippen molar-refractivity contribution in [3.8, 4) is 0 Å². The van der Waals surface area contributed by atoms with Gasteiger partial charge in [0.2, 0.25) is 0 Å². The molecule has 42 heavy (non-hydrogen) atoms. The molecule has 1 saturated heterocycles. The van der Waals surface area contributed by atoms with Crippen molar-refractivity contribution < 1.29 is 4.74 Å². The van der Waals surface area contributed by atoms with Gasteiger partial charge in [0, 0.05) is 44.7 Å². The van der Waals surface area contributed by atoms with E-state index in [1.54, 1.807) is 6.07 Å². The summed E-state index contributed by atoms with van der Waals surface area (Å²) >= 11 is 0. The molecule has 0 aliphatic carbocycles. The summed E-state index contributed by atoms with van der Waals surface area (Å²) in [6.45, 7) is 31.7. The SMILES string of the molecule is CC(C)(C)C.CC(C)(C)C.CC(C)(C)C1=NC2(COC2)c2ccccc2N1.CC(C)(C)c1cc(=O)c2ccccc2[nH]1. The fourth-order valence-electron chi connectivity index (χ4n) is 3.90. The zero-order valence-corrected chi connectivity index (χ0v) is 28.9. The van der Waals surface area contributed by atoms with Crippen LogP contribution in [0.2, 0.25) is 0 Å². The van der Waals surface area contributed by atoms with Gasteiger partial charge in [0.1, 0.15) is 11.4 Å². The fourth-order valence-corrected chi connectivity index (χ4v) is 3.90. The molecule has 1 fully saturated rings. The first-order valence-corrected chi connectivity index (χ1v) is 15.2. The minimum Gasteiger partial charge on any atom is -0.375 e. The second-order valence-electron chi connectivity index (χ2n) is 16.7. The average molecular weight is 576 g/mol. The molecule has 5 heteroatoms. The largest absolute Gasteiger partial charge is 0.375 e. The minimum absolute atomic E-state index is 0.0246. The number of rotatable bonds is 0. The Bertz CT molecular complexity index is 1380. The molecule has 3 aromatic rings. The Morgan fingerprint density at radius 2 is 1.21 bits per heavy atom. The number of ether oxygens (including phenoxy) is 1. The number of hydrogen-bond donors (Lipinski definition) is 2. The van der Waals surface area contributed by atoms with E-state index in [0.717, 1.165) is 22.4 Å². The zero-order chi connectivity index (χ0) is 32.1. The molecule has 2 aliphatic rings. The van der Waals surface area contributed by atoms with Crippen LogP contribution in [0.25, 0.3) is 10.9 Å². The smallest absolute Gasteiger partial charge is 0.189 e. The number of nitrogens with one attached hydrogen (secondary N) is 2. The van der Waals surface area contributed by atoms with E-state index in [-0.39, 0.29) is 21.8 Å². The van der Waals surface area contributed by atoms with Gasteiger partial charge >= 0.3 is 0 Å². The molecule has 5 nitrogen and oxygen atoms in total. The van der Waals surface area contributed by atoms with Crippen molar-refractivity contribution in [3.63, 3.8) is 0 Å². The number of benzene rings is 2. The number of amidine groups is 1. The number of anilines is 1. The normalized spacial score (nSPS) is 15.7. The number of aromatic nitrogens is 1. The Labute approximate surface area is 255 Å². The number of nitrogens with zero attached hydrogens (tertiary/aromatic N) is 1.